The Morgan fingerprint density at radius 2 is 1.62 bits per heavy atom. The third-order valence-electron chi connectivity index (χ3n) is 3.10. The fourth-order valence-electron chi connectivity index (χ4n) is 1.76. The number of ether oxygens (including phenoxy) is 1. The van der Waals surface area contributed by atoms with Crippen molar-refractivity contribution in [3.8, 4) is 5.75 Å². The predicted molar refractivity (Wildman–Crippen MR) is 88.4 cm³/mol. The van der Waals surface area contributed by atoms with E-state index in [1.807, 2.05) is 0 Å². The van der Waals surface area contributed by atoms with Crippen molar-refractivity contribution in [3.63, 3.8) is 0 Å². The minimum atomic E-state index is -3.75. The van der Waals surface area contributed by atoms with Crippen molar-refractivity contribution < 1.29 is 23.1 Å². The molecule has 0 bridgehead atoms. The van der Waals surface area contributed by atoms with Crippen LogP contribution >= 0.6 is 11.6 Å². The third-order valence-corrected chi connectivity index (χ3v) is 4.74. The van der Waals surface area contributed by atoms with Gasteiger partial charge in [0.1, 0.15) is 11.4 Å². The van der Waals surface area contributed by atoms with Crippen molar-refractivity contribution in [3.05, 3.63) is 53.6 Å². The highest BCUT2D eigenvalue weighted by atomic mass is 35.5. The van der Waals surface area contributed by atoms with Crippen LogP contribution in [0.15, 0.2) is 53.4 Å². The van der Waals surface area contributed by atoms with Gasteiger partial charge in [0.2, 0.25) is 0 Å². The summed E-state index contributed by atoms with van der Waals surface area (Å²) in [5.74, 6) is -1.08. The standard InChI is InChI=1S/C16H16ClNO5S/c1-16(2,15(19)20)23-13-7-5-12(6-8-13)18-24(21,22)14-9-3-11(17)4-10-14/h3-10,18H,1-2H3,(H,19,20)/p-1. The van der Waals surface area contributed by atoms with Crippen molar-refractivity contribution in [2.24, 2.45) is 0 Å². The van der Waals surface area contributed by atoms with E-state index in [1.54, 1.807) is 0 Å². The lowest BCUT2D eigenvalue weighted by molar-refractivity contribution is -0.320. The summed E-state index contributed by atoms with van der Waals surface area (Å²) in [6, 6.07) is 11.6. The largest absolute Gasteiger partial charge is 0.546 e. The third kappa shape index (κ3) is 4.39. The Kier molecular flexibility index (Phi) is 5.05. The summed E-state index contributed by atoms with van der Waals surface area (Å²) in [6.07, 6.45) is 0. The Labute approximate surface area is 145 Å². The summed E-state index contributed by atoms with van der Waals surface area (Å²) in [5.41, 5.74) is -1.19. The Bertz CT molecular complexity index is 830. The minimum absolute atomic E-state index is 0.0744. The monoisotopic (exact) mass is 368 g/mol. The smallest absolute Gasteiger partial charge is 0.261 e. The topological polar surface area (TPSA) is 95.5 Å². The van der Waals surface area contributed by atoms with Crippen molar-refractivity contribution in [2.45, 2.75) is 24.3 Å². The summed E-state index contributed by atoms with van der Waals surface area (Å²) in [4.78, 5) is 11.0. The van der Waals surface area contributed by atoms with Gasteiger partial charge in [-0.05, 0) is 62.4 Å². The molecule has 0 aliphatic rings. The molecule has 0 atom stereocenters. The van der Waals surface area contributed by atoms with Gasteiger partial charge >= 0.3 is 0 Å². The molecule has 0 radical (unpaired) electrons. The maximum absolute atomic E-state index is 12.2. The molecule has 0 aromatic heterocycles. The predicted octanol–water partition coefficient (Wildman–Crippen LogP) is 2.05. The Balaban J connectivity index is 2.14. The van der Waals surface area contributed by atoms with Gasteiger partial charge in [-0.3, -0.25) is 4.72 Å². The summed E-state index contributed by atoms with van der Waals surface area (Å²) in [7, 11) is -3.75. The van der Waals surface area contributed by atoms with Gasteiger partial charge in [-0.1, -0.05) is 11.6 Å². The quantitative estimate of drug-likeness (QED) is 0.841. The highest BCUT2D eigenvalue weighted by Crippen LogP contribution is 2.23. The number of anilines is 1. The molecule has 1 N–H and O–H groups in total. The van der Waals surface area contributed by atoms with Crippen LogP contribution in [0.4, 0.5) is 5.69 Å². The zero-order chi connectivity index (χ0) is 18.0. The molecule has 0 saturated heterocycles. The molecule has 0 heterocycles. The van der Waals surface area contributed by atoms with Crippen LogP contribution in [0.1, 0.15) is 13.8 Å². The van der Waals surface area contributed by atoms with E-state index in [0.29, 0.717) is 10.7 Å². The second-order valence-electron chi connectivity index (χ2n) is 5.48. The number of halogens is 1. The first kappa shape index (κ1) is 18.1. The molecule has 0 aliphatic carbocycles. The molecule has 128 valence electrons. The fraction of sp³-hybridized carbons (Fsp3) is 0.188. The second kappa shape index (κ2) is 6.70. The number of hydrogen-bond donors (Lipinski definition) is 1. The molecule has 2 aromatic rings. The van der Waals surface area contributed by atoms with Gasteiger partial charge in [0.25, 0.3) is 10.0 Å². The molecule has 24 heavy (non-hydrogen) atoms. The van der Waals surface area contributed by atoms with Crippen LogP contribution in [0.25, 0.3) is 0 Å². The molecule has 0 saturated carbocycles. The molecular formula is C16H15ClNO5S-. The lowest BCUT2D eigenvalue weighted by Crippen LogP contribution is -2.47. The van der Waals surface area contributed by atoms with Crippen molar-refractivity contribution >= 4 is 33.3 Å². The van der Waals surface area contributed by atoms with Crippen LogP contribution in [0, 0.1) is 0 Å². The molecule has 8 heteroatoms. The zero-order valence-electron chi connectivity index (χ0n) is 12.9. The number of aliphatic carboxylic acids is 1. The number of carboxylic acid groups (broad SMARTS) is 1. The highest BCUT2D eigenvalue weighted by Gasteiger charge is 2.21. The molecular weight excluding hydrogens is 354 g/mol. The van der Waals surface area contributed by atoms with Gasteiger partial charge in [0.15, 0.2) is 0 Å². The average molecular weight is 369 g/mol. The number of benzene rings is 2. The van der Waals surface area contributed by atoms with Gasteiger partial charge in [-0.2, -0.15) is 0 Å². The number of hydrogen-bond acceptors (Lipinski definition) is 5. The molecule has 2 aromatic carbocycles. The second-order valence-corrected chi connectivity index (χ2v) is 7.60. The van der Waals surface area contributed by atoms with Gasteiger partial charge < -0.3 is 14.6 Å². The molecule has 0 unspecified atom stereocenters. The number of rotatable bonds is 6. The Morgan fingerprint density at radius 1 is 1.08 bits per heavy atom. The van der Waals surface area contributed by atoms with Gasteiger partial charge in [-0.15, -0.1) is 0 Å². The first-order chi connectivity index (χ1) is 11.1. The van der Waals surface area contributed by atoms with Crippen molar-refractivity contribution in [2.75, 3.05) is 4.72 Å². The van der Waals surface area contributed by atoms with E-state index in [2.05, 4.69) is 4.72 Å². The number of nitrogens with one attached hydrogen (secondary N) is 1. The lowest BCUT2D eigenvalue weighted by atomic mass is 10.1. The van der Waals surface area contributed by atoms with Gasteiger partial charge in [-0.25, -0.2) is 8.42 Å². The Morgan fingerprint density at radius 3 is 2.12 bits per heavy atom. The fourth-order valence-corrected chi connectivity index (χ4v) is 2.94. The van der Waals surface area contributed by atoms with Crippen LogP contribution in [0.5, 0.6) is 5.75 Å². The van der Waals surface area contributed by atoms with Crippen LogP contribution in [-0.4, -0.2) is 20.0 Å². The molecule has 6 nitrogen and oxygen atoms in total. The maximum Gasteiger partial charge on any atom is 0.261 e. The summed E-state index contributed by atoms with van der Waals surface area (Å²) >= 11 is 5.74. The van der Waals surface area contributed by atoms with Crippen LogP contribution in [-0.2, 0) is 14.8 Å². The van der Waals surface area contributed by atoms with Crippen LogP contribution in [0.3, 0.4) is 0 Å². The summed E-state index contributed by atoms with van der Waals surface area (Å²) < 4.78 is 32.2. The number of sulfonamides is 1. The van der Waals surface area contributed by atoms with E-state index >= 15 is 0 Å². The lowest BCUT2D eigenvalue weighted by Gasteiger charge is -2.27. The van der Waals surface area contributed by atoms with E-state index < -0.39 is 21.6 Å². The van der Waals surface area contributed by atoms with Crippen molar-refractivity contribution in [1.29, 1.82) is 0 Å². The van der Waals surface area contributed by atoms with E-state index in [-0.39, 0.29) is 10.6 Å². The molecule has 0 amide bonds. The van der Waals surface area contributed by atoms with E-state index in [1.165, 1.54) is 62.4 Å². The maximum atomic E-state index is 12.2. The molecule has 0 aliphatic heterocycles. The van der Waals surface area contributed by atoms with Crippen molar-refractivity contribution in [1.82, 2.24) is 0 Å². The Hall–Kier alpha value is -2.25. The molecule has 0 spiro atoms. The van der Waals surface area contributed by atoms with Gasteiger partial charge in [0, 0.05) is 10.7 Å². The minimum Gasteiger partial charge on any atom is -0.546 e. The van der Waals surface area contributed by atoms with Gasteiger partial charge in [0.05, 0.1) is 10.9 Å². The number of carbonyl (C=O) groups is 1. The first-order valence-corrected chi connectivity index (χ1v) is 8.75. The highest BCUT2D eigenvalue weighted by molar-refractivity contribution is 7.92. The normalized spacial score (nSPS) is 11.8. The van der Waals surface area contributed by atoms with Crippen LogP contribution < -0.4 is 14.6 Å². The van der Waals surface area contributed by atoms with Crippen LogP contribution in [0.2, 0.25) is 5.02 Å². The number of carbonyl (C=O) groups excluding carboxylic acids is 1. The number of carboxylic acids is 1. The van der Waals surface area contributed by atoms with E-state index in [0.717, 1.165) is 0 Å². The SMILES string of the molecule is CC(C)(Oc1ccc(NS(=O)(=O)c2ccc(Cl)cc2)cc1)C(=O)[O-]. The summed E-state index contributed by atoms with van der Waals surface area (Å²) in [5, 5.41) is 11.4. The van der Waals surface area contributed by atoms with E-state index in [4.69, 9.17) is 16.3 Å². The average Bonchev–Trinajstić information content (AvgIpc) is 2.49. The molecule has 0 fully saturated rings. The van der Waals surface area contributed by atoms with E-state index in [9.17, 15) is 18.3 Å². The zero-order valence-corrected chi connectivity index (χ0v) is 14.5. The summed E-state index contributed by atoms with van der Waals surface area (Å²) in [6.45, 7) is 2.72. The molecule has 2 rings (SSSR count). The first-order valence-electron chi connectivity index (χ1n) is 6.89.